The quantitative estimate of drug-likeness (QED) is 0.896. The predicted molar refractivity (Wildman–Crippen MR) is 92.8 cm³/mol. The number of hydrogen-bond acceptors (Lipinski definition) is 5. The van der Waals surface area contributed by atoms with E-state index in [9.17, 15) is 13.2 Å². The van der Waals surface area contributed by atoms with E-state index in [0.29, 0.717) is 44.0 Å². The lowest BCUT2D eigenvalue weighted by molar-refractivity contribution is 0.102. The highest BCUT2D eigenvalue weighted by Gasteiger charge is 2.25. The molecule has 1 aromatic carbocycles. The van der Waals surface area contributed by atoms with Crippen molar-refractivity contribution in [1.82, 2.24) is 9.29 Å². The SMILES string of the molecule is O=C(Nc1cccnc1)c1ccc(S(=O)(=O)N2CCCOCC2)cc1. The number of carbonyl (C=O) groups is 1. The van der Waals surface area contributed by atoms with Gasteiger partial charge in [0.1, 0.15) is 0 Å². The number of amides is 1. The Morgan fingerprint density at radius 2 is 1.92 bits per heavy atom. The van der Waals surface area contributed by atoms with Gasteiger partial charge >= 0.3 is 0 Å². The molecule has 1 saturated heterocycles. The van der Waals surface area contributed by atoms with Crippen molar-refractivity contribution >= 4 is 21.6 Å². The van der Waals surface area contributed by atoms with Gasteiger partial charge in [-0.05, 0) is 42.8 Å². The van der Waals surface area contributed by atoms with E-state index < -0.39 is 10.0 Å². The van der Waals surface area contributed by atoms with Gasteiger partial charge in [-0.25, -0.2) is 8.42 Å². The van der Waals surface area contributed by atoms with Gasteiger partial charge in [0.15, 0.2) is 0 Å². The molecule has 1 N–H and O–H groups in total. The van der Waals surface area contributed by atoms with Crippen LogP contribution in [0.1, 0.15) is 16.8 Å². The van der Waals surface area contributed by atoms with E-state index in [1.807, 2.05) is 0 Å². The van der Waals surface area contributed by atoms with Crippen molar-refractivity contribution in [3.8, 4) is 0 Å². The Morgan fingerprint density at radius 3 is 2.64 bits per heavy atom. The van der Waals surface area contributed by atoms with Crippen LogP contribution in [0.4, 0.5) is 5.69 Å². The van der Waals surface area contributed by atoms with E-state index in [-0.39, 0.29) is 10.8 Å². The molecule has 8 heteroatoms. The number of rotatable bonds is 4. The zero-order chi connectivity index (χ0) is 17.7. The molecule has 0 unspecified atom stereocenters. The molecule has 1 aliphatic heterocycles. The third-order valence-corrected chi connectivity index (χ3v) is 5.77. The average molecular weight is 361 g/mol. The molecular weight excluding hydrogens is 342 g/mol. The van der Waals surface area contributed by atoms with Crippen molar-refractivity contribution in [2.45, 2.75) is 11.3 Å². The van der Waals surface area contributed by atoms with E-state index in [0.717, 1.165) is 0 Å². The van der Waals surface area contributed by atoms with Gasteiger partial charge in [0.05, 0.1) is 23.4 Å². The third-order valence-electron chi connectivity index (χ3n) is 3.85. The fourth-order valence-corrected chi connectivity index (χ4v) is 3.99. The summed E-state index contributed by atoms with van der Waals surface area (Å²) in [7, 11) is -3.58. The van der Waals surface area contributed by atoms with E-state index in [2.05, 4.69) is 10.3 Å². The van der Waals surface area contributed by atoms with Gasteiger partial charge in [-0.15, -0.1) is 0 Å². The van der Waals surface area contributed by atoms with Crippen molar-refractivity contribution in [2.75, 3.05) is 31.6 Å². The molecule has 0 radical (unpaired) electrons. The molecule has 1 aromatic heterocycles. The highest BCUT2D eigenvalue weighted by Crippen LogP contribution is 2.18. The topological polar surface area (TPSA) is 88.6 Å². The number of sulfonamides is 1. The molecule has 0 aliphatic carbocycles. The summed E-state index contributed by atoms with van der Waals surface area (Å²) in [5.74, 6) is -0.319. The average Bonchev–Trinajstić information content (AvgIpc) is 2.93. The summed E-state index contributed by atoms with van der Waals surface area (Å²) in [5.41, 5.74) is 0.954. The fraction of sp³-hybridized carbons (Fsp3) is 0.294. The molecule has 2 aromatic rings. The maximum Gasteiger partial charge on any atom is 0.255 e. The Kier molecular flexibility index (Phi) is 5.42. The first-order valence-electron chi connectivity index (χ1n) is 7.97. The molecule has 25 heavy (non-hydrogen) atoms. The molecule has 0 bridgehead atoms. The van der Waals surface area contributed by atoms with Gasteiger partial charge in [-0.2, -0.15) is 4.31 Å². The second kappa shape index (κ2) is 7.73. The Morgan fingerprint density at radius 1 is 1.12 bits per heavy atom. The largest absolute Gasteiger partial charge is 0.380 e. The molecular formula is C17H19N3O4S. The van der Waals surface area contributed by atoms with Crippen LogP contribution in [0, 0.1) is 0 Å². The smallest absolute Gasteiger partial charge is 0.255 e. The van der Waals surface area contributed by atoms with Gasteiger partial charge in [0.2, 0.25) is 10.0 Å². The van der Waals surface area contributed by atoms with E-state index >= 15 is 0 Å². The first-order valence-corrected chi connectivity index (χ1v) is 9.41. The maximum atomic E-state index is 12.7. The third kappa shape index (κ3) is 4.22. The first kappa shape index (κ1) is 17.5. The van der Waals surface area contributed by atoms with Crippen molar-refractivity contribution in [3.63, 3.8) is 0 Å². The maximum absolute atomic E-state index is 12.7. The fourth-order valence-electron chi connectivity index (χ4n) is 2.53. The van der Waals surface area contributed by atoms with E-state index in [4.69, 9.17) is 4.74 Å². The highest BCUT2D eigenvalue weighted by molar-refractivity contribution is 7.89. The van der Waals surface area contributed by atoms with Crippen molar-refractivity contribution in [1.29, 1.82) is 0 Å². The van der Waals surface area contributed by atoms with Crippen LogP contribution >= 0.6 is 0 Å². The van der Waals surface area contributed by atoms with Crippen LogP contribution in [0.25, 0.3) is 0 Å². The van der Waals surface area contributed by atoms with Crippen molar-refractivity contribution in [3.05, 3.63) is 54.4 Å². The molecule has 7 nitrogen and oxygen atoms in total. The number of ether oxygens (including phenoxy) is 1. The molecule has 1 amide bonds. The molecule has 132 valence electrons. The summed E-state index contributed by atoms with van der Waals surface area (Å²) in [6, 6.07) is 9.37. The van der Waals surface area contributed by atoms with Gasteiger partial charge in [-0.3, -0.25) is 9.78 Å². The minimum atomic E-state index is -3.58. The van der Waals surface area contributed by atoms with Crippen LogP contribution in [0.2, 0.25) is 0 Å². The minimum Gasteiger partial charge on any atom is -0.380 e. The predicted octanol–water partition coefficient (Wildman–Crippen LogP) is 1.74. The molecule has 1 aliphatic rings. The summed E-state index contributed by atoms with van der Waals surface area (Å²) < 4.78 is 32.1. The molecule has 0 saturated carbocycles. The van der Waals surface area contributed by atoms with E-state index in [1.165, 1.54) is 34.8 Å². The minimum absolute atomic E-state index is 0.173. The number of pyridine rings is 1. The number of nitrogens with zero attached hydrogens (tertiary/aromatic N) is 2. The van der Waals surface area contributed by atoms with Crippen LogP contribution in [-0.4, -0.2) is 49.9 Å². The van der Waals surface area contributed by atoms with Crippen LogP contribution < -0.4 is 5.32 Å². The van der Waals surface area contributed by atoms with Crippen LogP contribution in [0.5, 0.6) is 0 Å². The van der Waals surface area contributed by atoms with Crippen LogP contribution in [0.15, 0.2) is 53.7 Å². The Balaban J connectivity index is 1.74. The van der Waals surface area contributed by atoms with Gasteiger partial charge in [0.25, 0.3) is 5.91 Å². The van der Waals surface area contributed by atoms with E-state index in [1.54, 1.807) is 18.3 Å². The number of carbonyl (C=O) groups excluding carboxylic acids is 1. The molecule has 2 heterocycles. The van der Waals surface area contributed by atoms with Gasteiger partial charge < -0.3 is 10.1 Å². The monoisotopic (exact) mass is 361 g/mol. The highest BCUT2D eigenvalue weighted by atomic mass is 32.2. The summed E-state index contributed by atoms with van der Waals surface area (Å²) in [6.45, 7) is 1.74. The van der Waals surface area contributed by atoms with Crippen molar-refractivity contribution in [2.24, 2.45) is 0 Å². The molecule has 0 spiro atoms. The molecule has 3 rings (SSSR count). The lowest BCUT2D eigenvalue weighted by Gasteiger charge is -2.19. The lowest BCUT2D eigenvalue weighted by Crippen LogP contribution is -2.33. The van der Waals surface area contributed by atoms with Crippen LogP contribution in [-0.2, 0) is 14.8 Å². The van der Waals surface area contributed by atoms with Crippen molar-refractivity contribution < 1.29 is 17.9 Å². The second-order valence-corrected chi connectivity index (χ2v) is 7.53. The number of benzene rings is 1. The summed E-state index contributed by atoms with van der Waals surface area (Å²) in [5, 5.41) is 2.71. The summed E-state index contributed by atoms with van der Waals surface area (Å²) in [6.07, 6.45) is 3.83. The first-order chi connectivity index (χ1) is 12.1. The second-order valence-electron chi connectivity index (χ2n) is 5.59. The number of aromatic nitrogens is 1. The zero-order valence-corrected chi connectivity index (χ0v) is 14.4. The lowest BCUT2D eigenvalue weighted by atomic mass is 10.2. The number of anilines is 1. The molecule has 0 atom stereocenters. The van der Waals surface area contributed by atoms with Crippen LogP contribution in [0.3, 0.4) is 0 Å². The Bertz CT molecular complexity index is 815. The van der Waals surface area contributed by atoms with Gasteiger partial charge in [-0.1, -0.05) is 0 Å². The zero-order valence-electron chi connectivity index (χ0n) is 13.6. The Hall–Kier alpha value is -2.29. The summed E-state index contributed by atoms with van der Waals surface area (Å²) in [4.78, 5) is 16.3. The normalized spacial score (nSPS) is 16.2. The number of hydrogen-bond donors (Lipinski definition) is 1. The number of nitrogens with one attached hydrogen (secondary N) is 1. The summed E-state index contributed by atoms with van der Waals surface area (Å²) >= 11 is 0. The molecule has 1 fully saturated rings. The standard InChI is InChI=1S/C17H19N3O4S/c21-17(19-15-3-1-8-18-13-15)14-4-6-16(7-5-14)25(22,23)20-9-2-11-24-12-10-20/h1,3-8,13H,2,9-12H2,(H,19,21). The Labute approximate surface area is 146 Å². The van der Waals surface area contributed by atoms with Gasteiger partial charge in [0, 0.05) is 31.5 Å².